The molecule has 0 saturated heterocycles. The maximum absolute atomic E-state index is 14.3. The number of fused-ring (bicyclic) bond motifs is 1. The number of phenols is 1. The lowest BCUT2D eigenvalue weighted by molar-refractivity contribution is -0.137. The summed E-state index contributed by atoms with van der Waals surface area (Å²) in [6.07, 6.45) is -1.22. The molecule has 1 aromatic heterocycles. The fraction of sp³-hybridized carbons (Fsp3) is 0.207. The number of benzene rings is 3. The molecular formula is C29H25F3N4O3. The van der Waals surface area contributed by atoms with E-state index in [1.165, 1.54) is 17.0 Å². The van der Waals surface area contributed by atoms with Crippen LogP contribution in [0.5, 0.6) is 5.75 Å². The molecule has 0 radical (unpaired) electrons. The molecule has 0 saturated carbocycles. The molecule has 200 valence electrons. The first-order valence-corrected chi connectivity index (χ1v) is 12.4. The highest BCUT2D eigenvalue weighted by Crippen LogP contribution is 2.45. The van der Waals surface area contributed by atoms with Crippen molar-refractivity contribution < 1.29 is 27.9 Å². The highest BCUT2D eigenvalue weighted by molar-refractivity contribution is 6.23. The van der Waals surface area contributed by atoms with Gasteiger partial charge in [-0.15, -0.1) is 0 Å². The van der Waals surface area contributed by atoms with Crippen LogP contribution < -0.4 is 9.80 Å². The van der Waals surface area contributed by atoms with Crippen molar-refractivity contribution in [3.8, 4) is 16.9 Å². The second-order valence-electron chi connectivity index (χ2n) is 9.08. The molecule has 5 rings (SSSR count). The molecule has 1 aliphatic heterocycles. The Kier molecular flexibility index (Phi) is 6.63. The monoisotopic (exact) mass is 534 g/mol. The Balaban J connectivity index is 1.73. The zero-order valence-corrected chi connectivity index (χ0v) is 21.2. The molecule has 10 heteroatoms. The van der Waals surface area contributed by atoms with Gasteiger partial charge in [0.15, 0.2) is 0 Å². The second-order valence-corrected chi connectivity index (χ2v) is 9.08. The second kappa shape index (κ2) is 9.94. The van der Waals surface area contributed by atoms with Crippen molar-refractivity contribution in [2.24, 2.45) is 0 Å². The molecule has 1 aliphatic rings. The van der Waals surface area contributed by atoms with E-state index in [2.05, 4.69) is 5.10 Å². The average Bonchev–Trinajstić information content (AvgIpc) is 3.37. The van der Waals surface area contributed by atoms with Crippen LogP contribution in [0, 0.1) is 0 Å². The standard InChI is InChI=1S/C29H25F3N4O3/c1-3-34-17-19(16-33-34)18-10-13-25(37)22(14-18)26-27(38)35(4-2)23-12-11-20(29(30,31)32)15-24(23)36(28(26)39)21-8-6-5-7-9-21/h5-17,26,37H,3-4H2,1-2H3. The van der Waals surface area contributed by atoms with Gasteiger partial charge in [0.2, 0.25) is 11.8 Å². The van der Waals surface area contributed by atoms with Gasteiger partial charge in [-0.1, -0.05) is 24.3 Å². The topological polar surface area (TPSA) is 78.7 Å². The summed E-state index contributed by atoms with van der Waals surface area (Å²) in [5.41, 5.74) is 0.826. The molecule has 0 spiro atoms. The first-order chi connectivity index (χ1) is 18.6. The van der Waals surface area contributed by atoms with Gasteiger partial charge in [0.1, 0.15) is 11.7 Å². The van der Waals surface area contributed by atoms with Crippen LogP contribution in [0.1, 0.15) is 30.9 Å². The zero-order valence-electron chi connectivity index (χ0n) is 21.2. The van der Waals surface area contributed by atoms with Crippen molar-refractivity contribution in [2.75, 3.05) is 16.3 Å². The largest absolute Gasteiger partial charge is 0.508 e. The van der Waals surface area contributed by atoms with Gasteiger partial charge in [0, 0.05) is 36.1 Å². The summed E-state index contributed by atoms with van der Waals surface area (Å²) in [5.74, 6) is -3.23. The Hall–Kier alpha value is -4.60. The molecule has 1 N–H and O–H groups in total. The van der Waals surface area contributed by atoms with Crippen LogP contribution in [0.4, 0.5) is 30.2 Å². The number of hydrogen-bond acceptors (Lipinski definition) is 4. The SMILES string of the molecule is CCN1C(=O)C(c2cc(-c3cnn(CC)c3)ccc2O)C(=O)N(c2ccccc2)c2cc(C(F)(F)F)ccc21. The summed E-state index contributed by atoms with van der Waals surface area (Å²) in [6.45, 7) is 4.34. The number of hydrogen-bond donors (Lipinski definition) is 1. The van der Waals surface area contributed by atoms with Crippen LogP contribution in [0.15, 0.2) is 79.1 Å². The summed E-state index contributed by atoms with van der Waals surface area (Å²) in [5, 5.41) is 15.2. The first-order valence-electron chi connectivity index (χ1n) is 12.4. The number of likely N-dealkylation sites (N-methyl/N-ethyl adjacent to an activating group) is 1. The third-order valence-corrected chi connectivity index (χ3v) is 6.77. The summed E-state index contributed by atoms with van der Waals surface area (Å²) < 4.78 is 43.0. The van der Waals surface area contributed by atoms with Gasteiger partial charge in [0.25, 0.3) is 0 Å². The van der Waals surface area contributed by atoms with Gasteiger partial charge < -0.3 is 10.0 Å². The molecule has 2 heterocycles. The van der Waals surface area contributed by atoms with Crippen molar-refractivity contribution in [2.45, 2.75) is 32.5 Å². The normalized spacial score (nSPS) is 15.9. The van der Waals surface area contributed by atoms with Crippen LogP contribution in [0.2, 0.25) is 0 Å². The van der Waals surface area contributed by atoms with Gasteiger partial charge in [0.05, 0.1) is 23.1 Å². The highest BCUT2D eigenvalue weighted by atomic mass is 19.4. The van der Waals surface area contributed by atoms with Gasteiger partial charge in [-0.3, -0.25) is 19.2 Å². The quantitative estimate of drug-likeness (QED) is 0.314. The number of carbonyl (C=O) groups excluding carboxylic acids is 2. The average molecular weight is 535 g/mol. The van der Waals surface area contributed by atoms with Gasteiger partial charge in [-0.2, -0.15) is 18.3 Å². The number of halogens is 3. The Bertz CT molecular complexity index is 1550. The van der Waals surface area contributed by atoms with Gasteiger partial charge >= 0.3 is 6.18 Å². The van der Waals surface area contributed by atoms with E-state index < -0.39 is 29.5 Å². The molecule has 1 atom stereocenters. The lowest BCUT2D eigenvalue weighted by Crippen LogP contribution is -2.39. The minimum atomic E-state index is -4.66. The number of phenolic OH excluding ortho intramolecular Hbond substituents is 1. The minimum Gasteiger partial charge on any atom is -0.508 e. The van der Waals surface area contributed by atoms with Crippen molar-refractivity contribution in [1.82, 2.24) is 9.78 Å². The number of anilines is 3. The predicted octanol–water partition coefficient (Wildman–Crippen LogP) is 6.11. The Morgan fingerprint density at radius 2 is 1.62 bits per heavy atom. The summed E-state index contributed by atoms with van der Waals surface area (Å²) >= 11 is 0. The minimum absolute atomic E-state index is 0.0509. The zero-order chi connectivity index (χ0) is 27.9. The van der Waals surface area contributed by atoms with E-state index in [0.29, 0.717) is 17.8 Å². The number of aromatic nitrogens is 2. The Labute approximate surface area is 222 Å². The van der Waals surface area contributed by atoms with E-state index in [0.717, 1.165) is 22.6 Å². The fourth-order valence-corrected chi connectivity index (χ4v) is 4.82. The third kappa shape index (κ3) is 4.62. The number of amides is 2. The highest BCUT2D eigenvalue weighted by Gasteiger charge is 2.44. The molecule has 4 aromatic rings. The molecule has 0 bridgehead atoms. The molecule has 2 amide bonds. The molecule has 0 aliphatic carbocycles. The number of rotatable bonds is 5. The number of aromatic hydroxyl groups is 1. The van der Waals surface area contributed by atoms with Crippen LogP contribution >= 0.6 is 0 Å². The number of nitrogens with zero attached hydrogens (tertiary/aromatic N) is 4. The van der Waals surface area contributed by atoms with Crippen LogP contribution in [0.25, 0.3) is 11.1 Å². The van der Waals surface area contributed by atoms with Gasteiger partial charge in [-0.25, -0.2) is 0 Å². The van der Waals surface area contributed by atoms with Crippen LogP contribution in [-0.2, 0) is 22.3 Å². The summed E-state index contributed by atoms with van der Waals surface area (Å²) in [4.78, 5) is 30.7. The van der Waals surface area contributed by atoms with E-state index in [-0.39, 0.29) is 29.2 Å². The van der Waals surface area contributed by atoms with Gasteiger partial charge in [-0.05, 0) is 61.9 Å². The van der Waals surface area contributed by atoms with E-state index in [9.17, 15) is 27.9 Å². The fourth-order valence-electron chi connectivity index (χ4n) is 4.82. The van der Waals surface area contributed by atoms with E-state index >= 15 is 0 Å². The van der Waals surface area contributed by atoms with Crippen LogP contribution in [-0.4, -0.2) is 33.2 Å². The number of carbonyl (C=O) groups is 2. The molecule has 0 fully saturated rings. The predicted molar refractivity (Wildman–Crippen MR) is 141 cm³/mol. The molecule has 7 nitrogen and oxygen atoms in total. The molecule has 39 heavy (non-hydrogen) atoms. The molecular weight excluding hydrogens is 509 g/mol. The summed E-state index contributed by atoms with van der Waals surface area (Å²) in [7, 11) is 0. The van der Waals surface area contributed by atoms with Crippen LogP contribution in [0.3, 0.4) is 0 Å². The van der Waals surface area contributed by atoms with Crippen molar-refractivity contribution >= 4 is 28.9 Å². The number of para-hydroxylation sites is 1. The Morgan fingerprint density at radius 3 is 2.26 bits per heavy atom. The van der Waals surface area contributed by atoms with Crippen molar-refractivity contribution in [3.05, 3.63) is 90.3 Å². The number of alkyl halides is 3. The van der Waals surface area contributed by atoms with Crippen molar-refractivity contribution in [3.63, 3.8) is 0 Å². The maximum Gasteiger partial charge on any atom is 0.416 e. The lowest BCUT2D eigenvalue weighted by Gasteiger charge is -2.26. The third-order valence-electron chi connectivity index (χ3n) is 6.77. The van der Waals surface area contributed by atoms with E-state index in [1.807, 2.05) is 6.92 Å². The van der Waals surface area contributed by atoms with E-state index in [4.69, 9.17) is 0 Å². The molecule has 3 aromatic carbocycles. The summed E-state index contributed by atoms with van der Waals surface area (Å²) in [6, 6.07) is 15.8. The Morgan fingerprint density at radius 1 is 0.872 bits per heavy atom. The smallest absolute Gasteiger partial charge is 0.416 e. The molecule has 1 unspecified atom stereocenters. The van der Waals surface area contributed by atoms with E-state index in [1.54, 1.807) is 66.5 Å². The number of aryl methyl sites for hydroxylation is 1. The maximum atomic E-state index is 14.3. The van der Waals surface area contributed by atoms with Crippen molar-refractivity contribution in [1.29, 1.82) is 0 Å². The lowest BCUT2D eigenvalue weighted by atomic mass is 9.92. The first kappa shape index (κ1) is 26.0.